The minimum atomic E-state index is -0.931. The SMILES string of the molecule is O=C(O)CC1(NC(=O)C2CCCC(F)C2)CCOCC1. The van der Waals surface area contributed by atoms with Gasteiger partial charge in [-0.05, 0) is 38.5 Å². The second kappa shape index (κ2) is 6.52. The van der Waals surface area contributed by atoms with E-state index >= 15 is 0 Å². The van der Waals surface area contributed by atoms with Crippen LogP contribution in [0.4, 0.5) is 4.39 Å². The third-order valence-electron chi connectivity index (χ3n) is 4.31. The second-order valence-electron chi connectivity index (χ2n) is 5.91. The number of carbonyl (C=O) groups excluding carboxylic acids is 1. The molecule has 0 bridgehead atoms. The first kappa shape index (κ1) is 15.2. The van der Waals surface area contributed by atoms with Crippen LogP contribution in [0.3, 0.4) is 0 Å². The predicted molar refractivity (Wildman–Crippen MR) is 70.0 cm³/mol. The van der Waals surface area contributed by atoms with E-state index in [1.54, 1.807) is 0 Å². The van der Waals surface area contributed by atoms with E-state index in [0.29, 0.717) is 45.3 Å². The lowest BCUT2D eigenvalue weighted by molar-refractivity contribution is -0.141. The maximum absolute atomic E-state index is 13.4. The molecule has 0 aromatic heterocycles. The van der Waals surface area contributed by atoms with Crippen molar-refractivity contribution < 1.29 is 23.8 Å². The summed E-state index contributed by atoms with van der Waals surface area (Å²) in [6.07, 6.45) is 2.16. The minimum absolute atomic E-state index is 0.103. The van der Waals surface area contributed by atoms with Gasteiger partial charge in [-0.1, -0.05) is 0 Å². The number of hydrogen-bond donors (Lipinski definition) is 2. The molecule has 2 unspecified atom stereocenters. The Morgan fingerprint density at radius 3 is 2.60 bits per heavy atom. The van der Waals surface area contributed by atoms with Gasteiger partial charge in [0.15, 0.2) is 0 Å². The highest BCUT2D eigenvalue weighted by Gasteiger charge is 2.38. The predicted octanol–water partition coefficient (Wildman–Crippen LogP) is 1.65. The molecule has 6 heteroatoms. The van der Waals surface area contributed by atoms with Crippen LogP contribution >= 0.6 is 0 Å². The third-order valence-corrected chi connectivity index (χ3v) is 4.31. The Labute approximate surface area is 117 Å². The fourth-order valence-electron chi connectivity index (χ4n) is 3.13. The average Bonchev–Trinajstić information content (AvgIpc) is 2.38. The number of amides is 1. The molecule has 1 aliphatic carbocycles. The number of hydrogen-bond acceptors (Lipinski definition) is 3. The van der Waals surface area contributed by atoms with Crippen LogP contribution in [0.5, 0.6) is 0 Å². The summed E-state index contributed by atoms with van der Waals surface area (Å²) < 4.78 is 18.6. The van der Waals surface area contributed by atoms with Crippen molar-refractivity contribution in [3.05, 3.63) is 0 Å². The topological polar surface area (TPSA) is 75.6 Å². The zero-order chi connectivity index (χ0) is 14.6. The Morgan fingerprint density at radius 1 is 1.30 bits per heavy atom. The number of nitrogens with one attached hydrogen (secondary N) is 1. The van der Waals surface area contributed by atoms with Gasteiger partial charge in [-0.2, -0.15) is 0 Å². The largest absolute Gasteiger partial charge is 0.481 e. The Morgan fingerprint density at radius 2 is 2.00 bits per heavy atom. The van der Waals surface area contributed by atoms with Crippen LogP contribution in [0.15, 0.2) is 0 Å². The fraction of sp³-hybridized carbons (Fsp3) is 0.857. The maximum atomic E-state index is 13.4. The summed E-state index contributed by atoms with van der Waals surface area (Å²) in [6.45, 7) is 0.897. The molecule has 2 atom stereocenters. The van der Waals surface area contributed by atoms with Gasteiger partial charge in [0.05, 0.1) is 12.0 Å². The van der Waals surface area contributed by atoms with E-state index in [-0.39, 0.29) is 24.7 Å². The van der Waals surface area contributed by atoms with Crippen molar-refractivity contribution in [2.75, 3.05) is 13.2 Å². The van der Waals surface area contributed by atoms with E-state index in [1.807, 2.05) is 0 Å². The molecule has 20 heavy (non-hydrogen) atoms. The number of aliphatic carboxylic acids is 1. The Bertz CT molecular complexity index is 368. The molecule has 1 aliphatic heterocycles. The number of halogens is 1. The van der Waals surface area contributed by atoms with Gasteiger partial charge >= 0.3 is 5.97 Å². The van der Waals surface area contributed by atoms with Crippen molar-refractivity contribution in [3.63, 3.8) is 0 Å². The standard InChI is InChI=1S/C14H22FNO4/c15-11-3-1-2-10(8-11)13(19)16-14(9-12(17)18)4-6-20-7-5-14/h10-11H,1-9H2,(H,16,19)(H,17,18). The molecule has 0 aromatic rings. The molecule has 2 aliphatic rings. The molecule has 1 heterocycles. The smallest absolute Gasteiger partial charge is 0.305 e. The van der Waals surface area contributed by atoms with Crippen molar-refractivity contribution in [2.45, 2.75) is 56.7 Å². The van der Waals surface area contributed by atoms with Gasteiger partial charge < -0.3 is 15.2 Å². The van der Waals surface area contributed by atoms with Crippen LogP contribution in [0.25, 0.3) is 0 Å². The van der Waals surface area contributed by atoms with Gasteiger partial charge in [-0.3, -0.25) is 9.59 Å². The van der Waals surface area contributed by atoms with Gasteiger partial charge in [-0.25, -0.2) is 4.39 Å². The molecule has 1 saturated carbocycles. The molecule has 114 valence electrons. The molecule has 2 N–H and O–H groups in total. The van der Waals surface area contributed by atoms with E-state index in [4.69, 9.17) is 9.84 Å². The van der Waals surface area contributed by atoms with Gasteiger partial charge in [0.1, 0.15) is 6.17 Å². The summed E-state index contributed by atoms with van der Waals surface area (Å²) in [4.78, 5) is 23.3. The van der Waals surface area contributed by atoms with Gasteiger partial charge in [0.2, 0.25) is 5.91 Å². The van der Waals surface area contributed by atoms with Gasteiger partial charge in [0, 0.05) is 19.1 Å². The van der Waals surface area contributed by atoms with Crippen molar-refractivity contribution >= 4 is 11.9 Å². The first-order valence-electron chi connectivity index (χ1n) is 7.26. The van der Waals surface area contributed by atoms with E-state index in [0.717, 1.165) is 0 Å². The van der Waals surface area contributed by atoms with Crippen LogP contribution in [0.1, 0.15) is 44.9 Å². The molecular formula is C14H22FNO4. The monoisotopic (exact) mass is 287 g/mol. The zero-order valence-electron chi connectivity index (χ0n) is 11.6. The number of carboxylic acid groups (broad SMARTS) is 1. The molecule has 1 amide bonds. The third kappa shape index (κ3) is 3.91. The molecule has 0 spiro atoms. The number of rotatable bonds is 4. The van der Waals surface area contributed by atoms with E-state index in [9.17, 15) is 14.0 Å². The lowest BCUT2D eigenvalue weighted by Gasteiger charge is -2.38. The highest BCUT2D eigenvalue weighted by atomic mass is 19.1. The zero-order valence-corrected chi connectivity index (χ0v) is 11.6. The Balaban J connectivity index is 1.99. The van der Waals surface area contributed by atoms with Crippen molar-refractivity contribution in [1.29, 1.82) is 0 Å². The molecular weight excluding hydrogens is 265 g/mol. The van der Waals surface area contributed by atoms with E-state index in [2.05, 4.69) is 5.32 Å². The Hall–Kier alpha value is -1.17. The van der Waals surface area contributed by atoms with Crippen LogP contribution in [0.2, 0.25) is 0 Å². The van der Waals surface area contributed by atoms with Crippen LogP contribution in [-0.4, -0.2) is 41.9 Å². The normalized spacial score (nSPS) is 29.6. The summed E-state index contributed by atoms with van der Waals surface area (Å²) in [5.41, 5.74) is -0.732. The summed E-state index contributed by atoms with van der Waals surface area (Å²) in [5.74, 6) is -1.46. The van der Waals surface area contributed by atoms with Crippen LogP contribution in [0, 0.1) is 5.92 Å². The molecule has 2 fully saturated rings. The Kier molecular flexibility index (Phi) is 4.96. The summed E-state index contributed by atoms with van der Waals surface area (Å²) in [5, 5.41) is 11.9. The van der Waals surface area contributed by atoms with Gasteiger partial charge in [0.25, 0.3) is 0 Å². The maximum Gasteiger partial charge on any atom is 0.305 e. The average molecular weight is 287 g/mol. The lowest BCUT2D eigenvalue weighted by Crippen LogP contribution is -2.55. The van der Waals surface area contributed by atoms with Crippen molar-refractivity contribution in [1.82, 2.24) is 5.32 Å². The molecule has 1 saturated heterocycles. The molecule has 0 radical (unpaired) electrons. The summed E-state index contributed by atoms with van der Waals surface area (Å²) in [6, 6.07) is 0. The first-order valence-corrected chi connectivity index (χ1v) is 7.26. The minimum Gasteiger partial charge on any atom is -0.481 e. The number of carboxylic acids is 1. The van der Waals surface area contributed by atoms with Gasteiger partial charge in [-0.15, -0.1) is 0 Å². The van der Waals surface area contributed by atoms with Crippen molar-refractivity contribution in [2.24, 2.45) is 5.92 Å². The summed E-state index contributed by atoms with van der Waals surface area (Å²) >= 11 is 0. The van der Waals surface area contributed by atoms with Crippen LogP contribution in [-0.2, 0) is 14.3 Å². The fourth-order valence-corrected chi connectivity index (χ4v) is 3.13. The number of ether oxygens (including phenoxy) is 1. The number of carbonyl (C=O) groups is 2. The first-order chi connectivity index (χ1) is 9.51. The van der Waals surface area contributed by atoms with E-state index in [1.165, 1.54) is 0 Å². The van der Waals surface area contributed by atoms with E-state index < -0.39 is 17.7 Å². The lowest BCUT2D eigenvalue weighted by atomic mass is 9.83. The highest BCUT2D eigenvalue weighted by Crippen LogP contribution is 2.29. The number of alkyl halides is 1. The summed E-state index contributed by atoms with van der Waals surface area (Å²) in [7, 11) is 0. The highest BCUT2D eigenvalue weighted by molar-refractivity contribution is 5.80. The molecule has 5 nitrogen and oxygen atoms in total. The van der Waals surface area contributed by atoms with Crippen molar-refractivity contribution in [3.8, 4) is 0 Å². The quantitative estimate of drug-likeness (QED) is 0.824. The molecule has 2 rings (SSSR count). The molecule has 0 aromatic carbocycles. The van der Waals surface area contributed by atoms with Crippen LogP contribution < -0.4 is 5.32 Å². The second-order valence-corrected chi connectivity index (χ2v) is 5.91.